The summed E-state index contributed by atoms with van der Waals surface area (Å²) >= 11 is 0. The van der Waals surface area contributed by atoms with Crippen molar-refractivity contribution in [1.82, 2.24) is 4.98 Å². The van der Waals surface area contributed by atoms with Crippen LogP contribution in [-0.4, -0.2) is 11.3 Å². The molecule has 5 N–H and O–H groups in total. The van der Waals surface area contributed by atoms with E-state index in [2.05, 4.69) is 9.72 Å². The van der Waals surface area contributed by atoms with Crippen molar-refractivity contribution in [3.8, 4) is 5.75 Å². The van der Waals surface area contributed by atoms with Gasteiger partial charge in [0, 0.05) is 12.6 Å². The molecule has 1 rings (SSSR count). The molecule has 1 aromatic rings. The highest BCUT2D eigenvalue weighted by Gasteiger charge is 2.32. The zero-order chi connectivity index (χ0) is 11.6. The van der Waals surface area contributed by atoms with E-state index in [1.165, 1.54) is 0 Å². The maximum absolute atomic E-state index is 11.9. The molecule has 0 bridgehead atoms. The molecule has 0 atom stereocenters. The van der Waals surface area contributed by atoms with Crippen LogP contribution in [0.4, 0.5) is 18.9 Å². The van der Waals surface area contributed by atoms with Gasteiger partial charge in [-0.1, -0.05) is 0 Å². The van der Waals surface area contributed by atoms with Crippen molar-refractivity contribution in [2.45, 2.75) is 12.9 Å². The number of pyridine rings is 1. The predicted octanol–water partition coefficient (Wildman–Crippen LogP) is 0.314. The van der Waals surface area contributed by atoms with Gasteiger partial charge in [0.1, 0.15) is 0 Å². The first kappa shape index (κ1) is 11.4. The molecule has 0 aliphatic heterocycles. The van der Waals surface area contributed by atoms with Gasteiger partial charge in [-0.25, -0.2) is 0 Å². The molecule has 8 heteroatoms. The van der Waals surface area contributed by atoms with E-state index in [-0.39, 0.29) is 17.9 Å². The molecule has 0 aliphatic rings. The van der Waals surface area contributed by atoms with Crippen molar-refractivity contribution in [2.75, 3.05) is 5.73 Å². The number of halogens is 3. The Hall–Kier alpha value is -1.70. The zero-order valence-electron chi connectivity index (χ0n) is 7.39. The number of H-pyrrole nitrogens is 1. The lowest BCUT2D eigenvalue weighted by Gasteiger charge is -2.12. The van der Waals surface area contributed by atoms with Crippen molar-refractivity contribution in [3.63, 3.8) is 0 Å². The summed E-state index contributed by atoms with van der Waals surface area (Å²) in [5, 5.41) is 0. The van der Waals surface area contributed by atoms with Crippen molar-refractivity contribution in [1.29, 1.82) is 0 Å². The summed E-state index contributed by atoms with van der Waals surface area (Å²) in [5.74, 6) is -0.744. The second kappa shape index (κ2) is 3.81. The number of anilines is 1. The number of alkyl halides is 3. The minimum atomic E-state index is -4.90. The molecule has 0 amide bonds. The Bertz CT molecular complexity index is 413. The molecule has 1 aromatic heterocycles. The molecule has 0 fully saturated rings. The molecular formula is C7H8F3N3O2. The highest BCUT2D eigenvalue weighted by Crippen LogP contribution is 2.27. The Morgan fingerprint density at radius 3 is 2.53 bits per heavy atom. The summed E-state index contributed by atoms with van der Waals surface area (Å²) in [4.78, 5) is 13.1. The third kappa shape index (κ3) is 2.88. The molecule has 0 saturated heterocycles. The van der Waals surface area contributed by atoms with Crippen molar-refractivity contribution in [2.24, 2.45) is 5.73 Å². The van der Waals surface area contributed by atoms with Crippen LogP contribution in [0.3, 0.4) is 0 Å². The lowest BCUT2D eigenvalue weighted by atomic mass is 10.3. The van der Waals surface area contributed by atoms with Crippen LogP contribution in [0.15, 0.2) is 10.9 Å². The quantitative estimate of drug-likeness (QED) is 0.672. The van der Waals surface area contributed by atoms with Gasteiger partial charge in [0.2, 0.25) is 0 Å². The number of nitrogens with one attached hydrogen (secondary N) is 1. The van der Waals surface area contributed by atoms with E-state index in [0.717, 1.165) is 0 Å². The second-order valence-corrected chi connectivity index (χ2v) is 2.64. The fourth-order valence-corrected chi connectivity index (χ4v) is 0.968. The van der Waals surface area contributed by atoms with Gasteiger partial charge in [-0.05, 0) is 0 Å². The van der Waals surface area contributed by atoms with E-state index in [0.29, 0.717) is 6.07 Å². The zero-order valence-corrected chi connectivity index (χ0v) is 7.39. The van der Waals surface area contributed by atoms with Gasteiger partial charge in [-0.3, -0.25) is 4.79 Å². The molecule has 5 nitrogen and oxygen atoms in total. The van der Waals surface area contributed by atoms with Crippen molar-refractivity contribution >= 4 is 5.69 Å². The number of nitrogens with two attached hydrogens (primary N) is 2. The maximum atomic E-state index is 11.9. The van der Waals surface area contributed by atoms with Crippen LogP contribution in [-0.2, 0) is 6.54 Å². The average molecular weight is 223 g/mol. The van der Waals surface area contributed by atoms with Crippen LogP contribution in [0.2, 0.25) is 0 Å². The van der Waals surface area contributed by atoms with Gasteiger partial charge in [-0.15, -0.1) is 13.2 Å². The van der Waals surface area contributed by atoms with E-state index in [1.807, 2.05) is 0 Å². The standard InChI is InChI=1S/C7H8F3N3O2/c8-7(9,10)15-4-1-5(14)13-3(2-11)6(4)12/h1H,2,11-12H2,(H,13,14). The topological polar surface area (TPSA) is 94.1 Å². The first-order chi connectivity index (χ1) is 6.83. The van der Waals surface area contributed by atoms with Crippen LogP contribution >= 0.6 is 0 Å². The van der Waals surface area contributed by atoms with Crippen LogP contribution in [0.1, 0.15) is 5.69 Å². The average Bonchev–Trinajstić information content (AvgIpc) is 2.08. The van der Waals surface area contributed by atoms with Gasteiger partial charge in [0.05, 0.1) is 11.4 Å². The minimum absolute atomic E-state index is 0.00162. The molecule has 0 radical (unpaired) electrons. The van der Waals surface area contributed by atoms with E-state index >= 15 is 0 Å². The number of hydrogen-bond acceptors (Lipinski definition) is 4. The summed E-state index contributed by atoms with van der Waals surface area (Å²) in [6.45, 7) is -0.184. The number of hydrogen-bond donors (Lipinski definition) is 3. The van der Waals surface area contributed by atoms with E-state index in [4.69, 9.17) is 11.5 Å². The third-order valence-electron chi connectivity index (χ3n) is 1.56. The van der Waals surface area contributed by atoms with E-state index in [1.54, 1.807) is 0 Å². The molecule has 84 valence electrons. The van der Waals surface area contributed by atoms with Gasteiger partial charge in [0.25, 0.3) is 5.56 Å². The normalized spacial score (nSPS) is 11.5. The van der Waals surface area contributed by atoms with E-state index in [9.17, 15) is 18.0 Å². The van der Waals surface area contributed by atoms with E-state index < -0.39 is 17.7 Å². The van der Waals surface area contributed by atoms with Crippen LogP contribution < -0.4 is 21.8 Å². The number of aromatic amines is 1. The molecule has 1 heterocycles. The Morgan fingerprint density at radius 1 is 1.47 bits per heavy atom. The lowest BCUT2D eigenvalue weighted by molar-refractivity contribution is -0.274. The third-order valence-corrected chi connectivity index (χ3v) is 1.56. The maximum Gasteiger partial charge on any atom is 0.573 e. The molecule has 0 unspecified atom stereocenters. The van der Waals surface area contributed by atoms with Crippen LogP contribution in [0.25, 0.3) is 0 Å². The number of nitrogen functional groups attached to an aromatic ring is 1. The van der Waals surface area contributed by atoms with Gasteiger partial charge in [-0.2, -0.15) is 0 Å². The minimum Gasteiger partial charge on any atom is -0.403 e. The number of ether oxygens (including phenoxy) is 1. The molecule has 0 aliphatic carbocycles. The fraction of sp³-hybridized carbons (Fsp3) is 0.286. The smallest absolute Gasteiger partial charge is 0.403 e. The lowest BCUT2D eigenvalue weighted by Crippen LogP contribution is -2.22. The fourth-order valence-electron chi connectivity index (χ4n) is 0.968. The summed E-state index contributed by atoms with van der Waals surface area (Å²) in [5.41, 5.74) is 9.38. The monoisotopic (exact) mass is 223 g/mol. The van der Waals surface area contributed by atoms with Crippen LogP contribution in [0, 0.1) is 0 Å². The summed E-state index contributed by atoms with van der Waals surface area (Å²) in [6.07, 6.45) is -4.90. The Kier molecular flexibility index (Phi) is 2.89. The van der Waals surface area contributed by atoms with Crippen molar-refractivity contribution < 1.29 is 17.9 Å². The Labute approximate surface area is 81.8 Å². The molecule has 0 saturated carbocycles. The molecule has 0 aromatic carbocycles. The number of rotatable bonds is 2. The largest absolute Gasteiger partial charge is 0.573 e. The van der Waals surface area contributed by atoms with Crippen LogP contribution in [0.5, 0.6) is 5.75 Å². The SMILES string of the molecule is NCc1[nH]c(=O)cc(OC(F)(F)F)c1N. The van der Waals surface area contributed by atoms with Gasteiger partial charge < -0.3 is 21.2 Å². The predicted molar refractivity (Wildman–Crippen MR) is 46.0 cm³/mol. The summed E-state index contributed by atoms with van der Waals surface area (Å²) < 4.78 is 39.2. The molecule has 15 heavy (non-hydrogen) atoms. The molecular weight excluding hydrogens is 215 g/mol. The first-order valence-electron chi connectivity index (χ1n) is 3.81. The van der Waals surface area contributed by atoms with Crippen molar-refractivity contribution in [3.05, 3.63) is 22.1 Å². The van der Waals surface area contributed by atoms with Gasteiger partial charge >= 0.3 is 6.36 Å². The Morgan fingerprint density at radius 2 is 2.07 bits per heavy atom. The Balaban J connectivity index is 3.18. The summed E-state index contributed by atoms with van der Waals surface area (Å²) in [6, 6.07) is 0.613. The highest BCUT2D eigenvalue weighted by atomic mass is 19.4. The summed E-state index contributed by atoms with van der Waals surface area (Å²) in [7, 11) is 0. The first-order valence-corrected chi connectivity index (χ1v) is 3.81. The number of aromatic nitrogens is 1. The molecule has 0 spiro atoms. The second-order valence-electron chi connectivity index (χ2n) is 2.64. The van der Waals surface area contributed by atoms with Gasteiger partial charge in [0.15, 0.2) is 5.75 Å². The highest BCUT2D eigenvalue weighted by molar-refractivity contribution is 5.55.